The van der Waals surface area contributed by atoms with Gasteiger partial charge in [0, 0.05) is 42.3 Å². The third-order valence-electron chi connectivity index (χ3n) is 11.0. The van der Waals surface area contributed by atoms with Gasteiger partial charge in [0.1, 0.15) is 0 Å². The van der Waals surface area contributed by atoms with Gasteiger partial charge < -0.3 is 8.98 Å². The maximum Gasteiger partial charge on any atom is 0.216 e. The molecule has 0 bridgehead atoms. The van der Waals surface area contributed by atoms with E-state index < -0.39 is 13.3 Å². The Hall–Kier alpha value is -5.92. The molecule has 61 heavy (non-hydrogen) atoms. The number of aryl methyl sites for hydroxylation is 1. The molecule has 7 heteroatoms. The van der Waals surface area contributed by atoms with E-state index >= 15 is 0 Å². The van der Waals surface area contributed by atoms with E-state index in [9.17, 15) is 0 Å². The van der Waals surface area contributed by atoms with E-state index in [0.29, 0.717) is 11.6 Å². The quantitative estimate of drug-likeness (QED) is 0.118. The van der Waals surface area contributed by atoms with E-state index in [0.717, 1.165) is 83.7 Å². The summed E-state index contributed by atoms with van der Waals surface area (Å²) >= 11 is -1.85. The van der Waals surface area contributed by atoms with Crippen molar-refractivity contribution in [2.75, 3.05) is 0 Å². The molecule has 1 radical (unpaired) electrons. The van der Waals surface area contributed by atoms with E-state index in [1.165, 1.54) is 9.96 Å². The summed E-state index contributed by atoms with van der Waals surface area (Å²) in [6.45, 7) is 6.52. The smallest absolute Gasteiger partial charge is 0.216 e. The minimum absolute atomic E-state index is 0. The van der Waals surface area contributed by atoms with Gasteiger partial charge in [-0.25, -0.2) is 4.98 Å². The maximum absolute atomic E-state index is 6.44. The molecule has 4 heterocycles. The molecule has 0 saturated heterocycles. The predicted octanol–water partition coefficient (Wildman–Crippen LogP) is 13.6. The third-order valence-corrected chi connectivity index (χ3v) is 15.3. The van der Waals surface area contributed by atoms with Crippen LogP contribution in [0.1, 0.15) is 31.0 Å². The van der Waals surface area contributed by atoms with Crippen molar-refractivity contribution in [3.05, 3.63) is 187 Å². The zero-order valence-corrected chi connectivity index (χ0v) is 39.7. The molecular weight excluding hydrogens is 985 g/mol. The number of para-hydroxylation sites is 3. The Labute approximate surface area is 374 Å². The molecule has 303 valence electrons. The van der Waals surface area contributed by atoms with Crippen LogP contribution in [0.2, 0.25) is 17.3 Å². The standard InChI is InChI=1S/C37H24N3O.C17H22GeN.Ir/c1-24-22-23-30-29-18-11-19-31(35(29)41-37(30)38-24)36-39-32-20-8-9-21-33(32)40(36)34-27(25-12-4-2-5-13-25)16-10-17-28(34)26-14-6-3-7-15-26;1-13(2)15-11-17(14-9-7-6-8-10-14)19-12-16(15)18(3,4)5;/h2-18,20-23H,1H3;6-9,11-13H,1-5H3;/q2*-1;. The van der Waals surface area contributed by atoms with Crippen LogP contribution < -0.4 is 4.40 Å². The fourth-order valence-electron chi connectivity index (χ4n) is 8.06. The fourth-order valence-corrected chi connectivity index (χ4v) is 11.6. The molecular formula is C54H46GeIrN4O-2. The van der Waals surface area contributed by atoms with Crippen LogP contribution >= 0.6 is 0 Å². The van der Waals surface area contributed by atoms with E-state index in [-0.39, 0.29) is 20.1 Å². The molecule has 0 saturated carbocycles. The molecule has 10 aromatic rings. The van der Waals surface area contributed by atoms with Crippen LogP contribution in [0.25, 0.3) is 83.7 Å². The van der Waals surface area contributed by atoms with E-state index in [4.69, 9.17) is 9.40 Å². The summed E-state index contributed by atoms with van der Waals surface area (Å²) in [5.41, 5.74) is 14.1. The molecule has 0 aliphatic carbocycles. The van der Waals surface area contributed by atoms with Crippen molar-refractivity contribution in [2.24, 2.45) is 0 Å². The van der Waals surface area contributed by atoms with Gasteiger partial charge in [-0.3, -0.25) is 4.98 Å². The second kappa shape index (κ2) is 17.6. The summed E-state index contributed by atoms with van der Waals surface area (Å²) in [4.78, 5) is 14.6. The molecule has 0 aliphatic rings. The van der Waals surface area contributed by atoms with Crippen LogP contribution in [0, 0.1) is 19.1 Å². The normalized spacial score (nSPS) is 11.5. The number of imidazole rings is 1. The van der Waals surface area contributed by atoms with Gasteiger partial charge in [-0.15, -0.1) is 18.2 Å². The summed E-state index contributed by atoms with van der Waals surface area (Å²) in [6, 6.07) is 61.0. The van der Waals surface area contributed by atoms with Crippen LogP contribution in [0.5, 0.6) is 0 Å². The van der Waals surface area contributed by atoms with Gasteiger partial charge in [0.2, 0.25) is 5.71 Å². The van der Waals surface area contributed by atoms with Crippen molar-refractivity contribution in [3.63, 3.8) is 0 Å². The zero-order valence-electron chi connectivity index (χ0n) is 35.2. The first kappa shape index (κ1) is 41.8. The molecule has 0 unspecified atom stereocenters. The van der Waals surface area contributed by atoms with Crippen LogP contribution in [-0.2, 0) is 20.1 Å². The Bertz CT molecular complexity index is 3060. The molecule has 0 atom stereocenters. The first-order chi connectivity index (χ1) is 29.2. The van der Waals surface area contributed by atoms with Gasteiger partial charge in [-0.05, 0) is 42.3 Å². The number of benzene rings is 6. The Morgan fingerprint density at radius 3 is 1.98 bits per heavy atom. The van der Waals surface area contributed by atoms with Crippen molar-refractivity contribution in [1.29, 1.82) is 0 Å². The van der Waals surface area contributed by atoms with Crippen LogP contribution in [-0.4, -0.2) is 32.8 Å². The minimum atomic E-state index is -1.85. The van der Waals surface area contributed by atoms with E-state index in [1.54, 1.807) is 0 Å². The van der Waals surface area contributed by atoms with Gasteiger partial charge >= 0.3 is 119 Å². The van der Waals surface area contributed by atoms with E-state index in [1.807, 2.05) is 49.4 Å². The largest absolute Gasteiger partial charge is 0.486 e. The summed E-state index contributed by atoms with van der Waals surface area (Å²) in [6.07, 6.45) is 2.12. The summed E-state index contributed by atoms with van der Waals surface area (Å²) in [5.74, 6) is 8.60. The molecule has 6 aromatic carbocycles. The number of hydrogen-bond acceptors (Lipinski definition) is 4. The van der Waals surface area contributed by atoms with Gasteiger partial charge in [0.15, 0.2) is 0 Å². The molecule has 4 aromatic heterocycles. The number of pyridine rings is 2. The number of rotatable bonds is 7. The summed E-state index contributed by atoms with van der Waals surface area (Å²) < 4.78 is 10.2. The number of aromatic nitrogens is 4. The first-order valence-electron chi connectivity index (χ1n) is 20.6. The van der Waals surface area contributed by atoms with Crippen molar-refractivity contribution in [2.45, 2.75) is 44.0 Å². The predicted molar refractivity (Wildman–Crippen MR) is 252 cm³/mol. The Morgan fingerprint density at radius 1 is 0.656 bits per heavy atom. The monoisotopic (exact) mass is 1030 g/mol. The number of hydrogen-bond donors (Lipinski definition) is 0. The molecule has 0 aliphatic heterocycles. The SMILES string of the molecule is CC(C)c1cc(-c2[c-]cccc2)nc[c]1[Ge]([CH3])([CH3])[CH3].Cc1ccc2c(n1)oc1c(-c3nc4ccccc4n3-c3c(-c4ccccc4)cccc3-c3ccccc3)[c-]ccc12.[Ir]. The first-order valence-corrected chi connectivity index (χ1v) is 27.9. The van der Waals surface area contributed by atoms with Crippen molar-refractivity contribution < 1.29 is 24.5 Å². The number of fused-ring (bicyclic) bond motifs is 4. The third kappa shape index (κ3) is 8.28. The molecule has 0 fully saturated rings. The molecule has 10 rings (SSSR count). The van der Waals surface area contributed by atoms with Crippen LogP contribution in [0.4, 0.5) is 0 Å². The minimum Gasteiger partial charge on any atom is -0.486 e. The van der Waals surface area contributed by atoms with Gasteiger partial charge in [-0.2, -0.15) is 0 Å². The summed E-state index contributed by atoms with van der Waals surface area (Å²) in [5, 5.41) is 1.98. The molecule has 0 amide bonds. The average molecular weight is 1030 g/mol. The maximum atomic E-state index is 6.44. The van der Waals surface area contributed by atoms with Gasteiger partial charge in [0.05, 0.1) is 28.1 Å². The molecule has 0 spiro atoms. The van der Waals surface area contributed by atoms with Crippen molar-refractivity contribution >= 4 is 50.8 Å². The molecule has 0 N–H and O–H groups in total. The Kier molecular flexibility index (Phi) is 12.1. The number of nitrogens with zero attached hydrogens (tertiary/aromatic N) is 4. The van der Waals surface area contributed by atoms with Gasteiger partial charge in [0.25, 0.3) is 0 Å². The number of furan rings is 1. The second-order valence-corrected chi connectivity index (χ2v) is 27.1. The molecule has 5 nitrogen and oxygen atoms in total. The second-order valence-electron chi connectivity index (χ2n) is 16.5. The van der Waals surface area contributed by atoms with Gasteiger partial charge in [-0.1, -0.05) is 102 Å². The van der Waals surface area contributed by atoms with Crippen molar-refractivity contribution in [1.82, 2.24) is 19.5 Å². The Balaban J connectivity index is 0.000000217. The van der Waals surface area contributed by atoms with E-state index in [2.05, 4.69) is 179 Å². The summed E-state index contributed by atoms with van der Waals surface area (Å²) in [7, 11) is 0. The Morgan fingerprint density at radius 2 is 1.33 bits per heavy atom. The van der Waals surface area contributed by atoms with Crippen LogP contribution in [0.15, 0.2) is 168 Å². The van der Waals surface area contributed by atoms with Crippen LogP contribution in [0.3, 0.4) is 0 Å². The zero-order chi connectivity index (χ0) is 41.4. The topological polar surface area (TPSA) is 56.7 Å². The fraction of sp³-hybridized carbons (Fsp3) is 0.130. The average Bonchev–Trinajstić information content (AvgIpc) is 3.85. The van der Waals surface area contributed by atoms with Crippen molar-refractivity contribution in [3.8, 4) is 50.6 Å².